The number of carbonyl (C=O) groups is 2. The summed E-state index contributed by atoms with van der Waals surface area (Å²) < 4.78 is 0. The molecule has 3 nitrogen and oxygen atoms in total. The summed E-state index contributed by atoms with van der Waals surface area (Å²) in [5.74, 6) is -1.20. The molecule has 0 spiro atoms. The molecule has 2 rings (SSSR count). The zero-order chi connectivity index (χ0) is 11.7. The molecule has 1 aromatic rings. The number of carbonyl (C=O) groups excluding carboxylic acids is 1. The molecule has 0 heterocycles. The predicted molar refractivity (Wildman–Crippen MR) is 59.5 cm³/mol. The molecule has 0 amide bonds. The standard InChI is InChI=1S/C13H12O3/c1-8-2-3-9-4-5-10(7-12(14)15)13(16)11(9)6-8/h2-3,6-7H,4-5H2,1H3,(H,14,15)/b10-7+. The van der Waals surface area contributed by atoms with Crippen molar-refractivity contribution < 1.29 is 14.7 Å². The van der Waals surface area contributed by atoms with E-state index in [9.17, 15) is 9.59 Å². The van der Waals surface area contributed by atoms with Crippen LogP contribution >= 0.6 is 0 Å². The highest BCUT2D eigenvalue weighted by atomic mass is 16.4. The second-order valence-corrected chi connectivity index (χ2v) is 4.00. The molecular weight excluding hydrogens is 204 g/mol. The monoisotopic (exact) mass is 216 g/mol. The highest BCUT2D eigenvalue weighted by Crippen LogP contribution is 2.25. The molecule has 0 aromatic heterocycles. The maximum absolute atomic E-state index is 12.0. The van der Waals surface area contributed by atoms with E-state index in [1.807, 2.05) is 25.1 Å². The normalized spacial score (nSPS) is 17.3. The number of rotatable bonds is 1. The molecule has 1 aliphatic carbocycles. The largest absolute Gasteiger partial charge is 0.478 e. The lowest BCUT2D eigenvalue weighted by molar-refractivity contribution is -0.131. The third-order valence-electron chi connectivity index (χ3n) is 2.76. The molecule has 3 heteroatoms. The highest BCUT2D eigenvalue weighted by molar-refractivity contribution is 6.12. The van der Waals surface area contributed by atoms with Gasteiger partial charge in [0, 0.05) is 17.2 Å². The van der Waals surface area contributed by atoms with Crippen LogP contribution in [-0.2, 0) is 11.2 Å². The molecule has 0 fully saturated rings. The minimum Gasteiger partial charge on any atom is -0.478 e. The second-order valence-electron chi connectivity index (χ2n) is 4.00. The van der Waals surface area contributed by atoms with Crippen molar-refractivity contribution in [2.75, 3.05) is 0 Å². The number of allylic oxidation sites excluding steroid dienone is 1. The van der Waals surface area contributed by atoms with Gasteiger partial charge < -0.3 is 5.11 Å². The molecule has 0 bridgehead atoms. The van der Waals surface area contributed by atoms with Crippen LogP contribution in [-0.4, -0.2) is 16.9 Å². The van der Waals surface area contributed by atoms with Crippen molar-refractivity contribution in [3.05, 3.63) is 46.5 Å². The van der Waals surface area contributed by atoms with E-state index in [1.165, 1.54) is 0 Å². The number of Topliss-reactive ketones (excluding diaryl/α,β-unsaturated/α-hetero) is 1. The summed E-state index contributed by atoms with van der Waals surface area (Å²) in [6.45, 7) is 1.92. The van der Waals surface area contributed by atoms with Crippen molar-refractivity contribution in [2.45, 2.75) is 19.8 Å². The molecule has 1 N–H and O–H groups in total. The number of hydrogen-bond acceptors (Lipinski definition) is 2. The fourth-order valence-corrected chi connectivity index (χ4v) is 1.96. The van der Waals surface area contributed by atoms with Gasteiger partial charge in [-0.3, -0.25) is 4.79 Å². The molecule has 0 atom stereocenters. The van der Waals surface area contributed by atoms with Gasteiger partial charge in [-0.1, -0.05) is 17.7 Å². The van der Waals surface area contributed by atoms with Crippen LogP contribution in [0.4, 0.5) is 0 Å². The van der Waals surface area contributed by atoms with Gasteiger partial charge in [0.1, 0.15) is 0 Å². The van der Waals surface area contributed by atoms with Crippen LogP contribution in [0.15, 0.2) is 29.8 Å². The average Bonchev–Trinajstić information content (AvgIpc) is 2.22. The second kappa shape index (κ2) is 3.93. The van der Waals surface area contributed by atoms with Crippen molar-refractivity contribution in [2.24, 2.45) is 0 Å². The van der Waals surface area contributed by atoms with Gasteiger partial charge in [0.05, 0.1) is 0 Å². The number of carboxylic acids is 1. The smallest absolute Gasteiger partial charge is 0.328 e. The van der Waals surface area contributed by atoms with Crippen LogP contribution in [0, 0.1) is 6.92 Å². The number of aryl methyl sites for hydroxylation is 2. The molecule has 0 aliphatic heterocycles. The number of ketones is 1. The topological polar surface area (TPSA) is 54.4 Å². The molecule has 0 saturated heterocycles. The highest BCUT2D eigenvalue weighted by Gasteiger charge is 2.22. The summed E-state index contributed by atoms with van der Waals surface area (Å²) in [5.41, 5.74) is 3.08. The average molecular weight is 216 g/mol. The van der Waals surface area contributed by atoms with E-state index in [1.54, 1.807) is 0 Å². The molecular formula is C13H12O3. The van der Waals surface area contributed by atoms with Crippen LogP contribution in [0.2, 0.25) is 0 Å². The van der Waals surface area contributed by atoms with E-state index < -0.39 is 5.97 Å². The van der Waals surface area contributed by atoms with Crippen molar-refractivity contribution in [1.29, 1.82) is 0 Å². The maximum atomic E-state index is 12.0. The first-order valence-corrected chi connectivity index (χ1v) is 5.15. The van der Waals surface area contributed by atoms with E-state index in [0.717, 1.165) is 23.6 Å². The lowest BCUT2D eigenvalue weighted by atomic mass is 9.86. The Kier molecular flexibility index (Phi) is 2.60. The van der Waals surface area contributed by atoms with Gasteiger partial charge in [-0.15, -0.1) is 0 Å². The number of fused-ring (bicyclic) bond motifs is 1. The quantitative estimate of drug-likeness (QED) is 0.731. The van der Waals surface area contributed by atoms with Crippen molar-refractivity contribution in [1.82, 2.24) is 0 Å². The summed E-state index contributed by atoms with van der Waals surface area (Å²) >= 11 is 0. The lowest BCUT2D eigenvalue weighted by Crippen LogP contribution is -2.15. The van der Waals surface area contributed by atoms with Gasteiger partial charge >= 0.3 is 5.97 Å². The third kappa shape index (κ3) is 1.89. The summed E-state index contributed by atoms with van der Waals surface area (Å²) in [6, 6.07) is 5.74. The van der Waals surface area contributed by atoms with Crippen LogP contribution in [0.25, 0.3) is 0 Å². The number of hydrogen-bond donors (Lipinski definition) is 1. The Morgan fingerprint density at radius 2 is 2.12 bits per heavy atom. The SMILES string of the molecule is Cc1ccc2c(c1)C(=O)/C(=C/C(=O)O)CC2. The summed E-state index contributed by atoms with van der Waals surface area (Å²) in [6.07, 6.45) is 2.27. The zero-order valence-corrected chi connectivity index (χ0v) is 8.99. The predicted octanol–water partition coefficient (Wildman–Crippen LogP) is 2.13. The Labute approximate surface area is 93.4 Å². The van der Waals surface area contributed by atoms with Gasteiger partial charge in [0.2, 0.25) is 0 Å². The van der Waals surface area contributed by atoms with Crippen molar-refractivity contribution in [3.63, 3.8) is 0 Å². The van der Waals surface area contributed by atoms with Gasteiger partial charge in [-0.05, 0) is 31.4 Å². The zero-order valence-electron chi connectivity index (χ0n) is 8.99. The summed E-state index contributed by atoms with van der Waals surface area (Å²) in [5, 5.41) is 8.66. The third-order valence-corrected chi connectivity index (χ3v) is 2.76. The molecule has 0 unspecified atom stereocenters. The van der Waals surface area contributed by atoms with Crippen molar-refractivity contribution in [3.8, 4) is 0 Å². The maximum Gasteiger partial charge on any atom is 0.328 e. The Bertz CT molecular complexity index is 498. The Morgan fingerprint density at radius 1 is 1.38 bits per heavy atom. The van der Waals surface area contributed by atoms with E-state index in [-0.39, 0.29) is 5.78 Å². The lowest BCUT2D eigenvalue weighted by Gasteiger charge is -2.17. The molecule has 0 radical (unpaired) electrons. The molecule has 1 aliphatic rings. The van der Waals surface area contributed by atoms with E-state index >= 15 is 0 Å². The minimum absolute atomic E-state index is 0.146. The molecule has 16 heavy (non-hydrogen) atoms. The van der Waals surface area contributed by atoms with Gasteiger partial charge in [-0.2, -0.15) is 0 Å². The van der Waals surface area contributed by atoms with E-state index in [4.69, 9.17) is 5.11 Å². The Hall–Kier alpha value is -1.90. The van der Waals surface area contributed by atoms with Gasteiger partial charge in [0.15, 0.2) is 5.78 Å². The summed E-state index contributed by atoms with van der Waals surface area (Å²) in [4.78, 5) is 22.5. The molecule has 82 valence electrons. The minimum atomic E-state index is -1.06. The molecule has 0 saturated carbocycles. The fraction of sp³-hybridized carbons (Fsp3) is 0.231. The number of aliphatic carboxylic acids is 1. The van der Waals surface area contributed by atoms with Crippen LogP contribution < -0.4 is 0 Å². The van der Waals surface area contributed by atoms with Crippen LogP contribution in [0.1, 0.15) is 27.9 Å². The van der Waals surface area contributed by atoms with Crippen LogP contribution in [0.3, 0.4) is 0 Å². The Balaban J connectivity index is 2.46. The fourth-order valence-electron chi connectivity index (χ4n) is 1.96. The number of benzene rings is 1. The number of carboxylic acid groups (broad SMARTS) is 1. The first-order valence-electron chi connectivity index (χ1n) is 5.15. The van der Waals surface area contributed by atoms with Crippen LogP contribution in [0.5, 0.6) is 0 Å². The Morgan fingerprint density at radius 3 is 2.81 bits per heavy atom. The van der Waals surface area contributed by atoms with E-state index in [0.29, 0.717) is 17.6 Å². The van der Waals surface area contributed by atoms with E-state index in [2.05, 4.69) is 0 Å². The summed E-state index contributed by atoms with van der Waals surface area (Å²) in [7, 11) is 0. The first-order chi connectivity index (χ1) is 7.58. The van der Waals surface area contributed by atoms with Gasteiger partial charge in [-0.25, -0.2) is 4.79 Å². The van der Waals surface area contributed by atoms with Gasteiger partial charge in [0.25, 0.3) is 0 Å². The van der Waals surface area contributed by atoms with Crippen molar-refractivity contribution >= 4 is 11.8 Å². The first kappa shape index (κ1) is 10.6. The molecule has 1 aromatic carbocycles.